The molecule has 2 rings (SSSR count). The molecule has 0 saturated heterocycles. The molecular weight excluding hydrogens is 196 g/mol. The third kappa shape index (κ3) is 2.43. The first kappa shape index (κ1) is 12.4. The van der Waals surface area contributed by atoms with Gasteiger partial charge in [0.25, 0.3) is 0 Å². The lowest BCUT2D eigenvalue weighted by molar-refractivity contribution is 0.0956. The molecule has 2 N–H and O–H groups in total. The van der Waals surface area contributed by atoms with Crippen LogP contribution >= 0.6 is 0 Å². The minimum atomic E-state index is 0.314. The van der Waals surface area contributed by atoms with Gasteiger partial charge in [-0.3, -0.25) is 4.90 Å². The smallest absolute Gasteiger partial charge is 0.0331 e. The lowest BCUT2D eigenvalue weighted by Gasteiger charge is -2.41. The van der Waals surface area contributed by atoms with Gasteiger partial charge in [-0.25, -0.2) is 0 Å². The van der Waals surface area contributed by atoms with Gasteiger partial charge in [0.15, 0.2) is 0 Å². The molecule has 2 aliphatic rings. The first-order chi connectivity index (χ1) is 7.49. The second-order valence-electron chi connectivity index (χ2n) is 6.79. The molecule has 2 nitrogen and oxygen atoms in total. The van der Waals surface area contributed by atoms with Gasteiger partial charge in [0, 0.05) is 18.1 Å². The van der Waals surface area contributed by atoms with Crippen molar-refractivity contribution in [2.75, 3.05) is 13.6 Å². The Morgan fingerprint density at radius 2 is 1.81 bits per heavy atom. The van der Waals surface area contributed by atoms with E-state index in [0.717, 1.165) is 12.6 Å². The summed E-state index contributed by atoms with van der Waals surface area (Å²) in [6.45, 7) is 5.67. The molecule has 1 unspecified atom stereocenters. The summed E-state index contributed by atoms with van der Waals surface area (Å²) in [7, 11) is 2.31. The molecule has 0 heterocycles. The zero-order chi connectivity index (χ0) is 11.8. The SMILES string of the molecule is CN(C1CC1)C1(CN)CCCC(C)(C)CC1. The number of nitrogens with two attached hydrogens (primary N) is 1. The van der Waals surface area contributed by atoms with Crippen molar-refractivity contribution >= 4 is 0 Å². The summed E-state index contributed by atoms with van der Waals surface area (Å²) in [5.41, 5.74) is 6.96. The average molecular weight is 224 g/mol. The highest BCUT2D eigenvalue weighted by Crippen LogP contribution is 2.43. The first-order valence-corrected chi connectivity index (χ1v) is 6.92. The Kier molecular flexibility index (Phi) is 3.33. The number of hydrogen-bond donors (Lipinski definition) is 1. The van der Waals surface area contributed by atoms with Crippen LogP contribution in [0.5, 0.6) is 0 Å². The zero-order valence-electron chi connectivity index (χ0n) is 11.3. The van der Waals surface area contributed by atoms with Gasteiger partial charge in [-0.05, 0) is 51.0 Å². The van der Waals surface area contributed by atoms with Crippen LogP contribution in [-0.2, 0) is 0 Å². The van der Waals surface area contributed by atoms with Crippen LogP contribution in [0.25, 0.3) is 0 Å². The Balaban J connectivity index is 2.08. The summed E-state index contributed by atoms with van der Waals surface area (Å²) >= 11 is 0. The monoisotopic (exact) mass is 224 g/mol. The maximum atomic E-state index is 6.12. The molecule has 0 spiro atoms. The van der Waals surface area contributed by atoms with Crippen LogP contribution in [-0.4, -0.2) is 30.1 Å². The van der Waals surface area contributed by atoms with Crippen molar-refractivity contribution in [3.05, 3.63) is 0 Å². The van der Waals surface area contributed by atoms with Crippen LogP contribution in [0.4, 0.5) is 0 Å². The number of likely N-dealkylation sites (N-methyl/N-ethyl adjacent to an activating group) is 1. The zero-order valence-corrected chi connectivity index (χ0v) is 11.3. The minimum Gasteiger partial charge on any atom is -0.329 e. The summed E-state index contributed by atoms with van der Waals surface area (Å²) in [5, 5.41) is 0. The van der Waals surface area contributed by atoms with Crippen molar-refractivity contribution in [1.82, 2.24) is 4.90 Å². The fraction of sp³-hybridized carbons (Fsp3) is 1.00. The Morgan fingerprint density at radius 3 is 2.38 bits per heavy atom. The largest absolute Gasteiger partial charge is 0.329 e. The predicted octanol–water partition coefficient (Wildman–Crippen LogP) is 2.77. The van der Waals surface area contributed by atoms with Crippen LogP contribution in [0.1, 0.15) is 58.8 Å². The fourth-order valence-corrected chi connectivity index (χ4v) is 3.27. The summed E-state index contributed by atoms with van der Waals surface area (Å²) < 4.78 is 0. The quantitative estimate of drug-likeness (QED) is 0.747. The highest BCUT2D eigenvalue weighted by Gasteiger charge is 2.42. The van der Waals surface area contributed by atoms with E-state index >= 15 is 0 Å². The van der Waals surface area contributed by atoms with E-state index in [-0.39, 0.29) is 0 Å². The molecule has 2 fully saturated rings. The van der Waals surface area contributed by atoms with Crippen molar-refractivity contribution in [3.8, 4) is 0 Å². The van der Waals surface area contributed by atoms with E-state index in [1.54, 1.807) is 0 Å². The van der Waals surface area contributed by atoms with Crippen LogP contribution in [0, 0.1) is 5.41 Å². The summed E-state index contributed by atoms with van der Waals surface area (Å²) in [6.07, 6.45) is 9.43. The third-order valence-electron chi connectivity index (χ3n) is 4.99. The van der Waals surface area contributed by atoms with E-state index in [1.165, 1.54) is 44.9 Å². The normalized spacial score (nSPS) is 35.1. The standard InChI is InChI=1S/C14H28N2/c1-13(2)7-4-8-14(11-15,10-9-13)16(3)12-5-6-12/h12H,4-11,15H2,1-3H3. The molecule has 0 radical (unpaired) electrons. The molecule has 94 valence electrons. The van der Waals surface area contributed by atoms with Gasteiger partial charge in [-0.2, -0.15) is 0 Å². The highest BCUT2D eigenvalue weighted by molar-refractivity contribution is 4.99. The van der Waals surface area contributed by atoms with Crippen molar-refractivity contribution in [3.63, 3.8) is 0 Å². The van der Waals surface area contributed by atoms with Crippen LogP contribution in [0.2, 0.25) is 0 Å². The molecule has 0 bridgehead atoms. The Bertz CT molecular complexity index is 245. The average Bonchev–Trinajstić information content (AvgIpc) is 3.05. The molecule has 2 aliphatic carbocycles. The lowest BCUT2D eigenvalue weighted by atomic mass is 9.83. The van der Waals surface area contributed by atoms with E-state index in [2.05, 4.69) is 25.8 Å². The van der Waals surface area contributed by atoms with E-state index < -0.39 is 0 Å². The molecule has 2 saturated carbocycles. The van der Waals surface area contributed by atoms with Gasteiger partial charge < -0.3 is 5.73 Å². The van der Waals surface area contributed by atoms with Gasteiger partial charge in [-0.1, -0.05) is 20.3 Å². The van der Waals surface area contributed by atoms with E-state index in [1.807, 2.05) is 0 Å². The number of rotatable bonds is 3. The molecule has 0 amide bonds. The molecule has 0 aromatic carbocycles. The van der Waals surface area contributed by atoms with Gasteiger partial charge in [0.05, 0.1) is 0 Å². The van der Waals surface area contributed by atoms with Crippen LogP contribution in [0.3, 0.4) is 0 Å². The molecule has 2 heteroatoms. The van der Waals surface area contributed by atoms with Crippen molar-refractivity contribution in [2.45, 2.75) is 70.4 Å². The predicted molar refractivity (Wildman–Crippen MR) is 69.4 cm³/mol. The Hall–Kier alpha value is -0.0800. The summed E-state index contributed by atoms with van der Waals surface area (Å²) in [6, 6.07) is 0.838. The van der Waals surface area contributed by atoms with E-state index in [0.29, 0.717) is 11.0 Å². The Labute approximate surface area is 101 Å². The van der Waals surface area contributed by atoms with E-state index in [9.17, 15) is 0 Å². The fourth-order valence-electron chi connectivity index (χ4n) is 3.27. The first-order valence-electron chi connectivity index (χ1n) is 6.92. The van der Waals surface area contributed by atoms with Crippen LogP contribution in [0.15, 0.2) is 0 Å². The summed E-state index contributed by atoms with van der Waals surface area (Å²) in [5.74, 6) is 0. The number of hydrogen-bond acceptors (Lipinski definition) is 2. The van der Waals surface area contributed by atoms with Gasteiger partial charge in [0.1, 0.15) is 0 Å². The second-order valence-corrected chi connectivity index (χ2v) is 6.79. The maximum Gasteiger partial charge on any atom is 0.0331 e. The van der Waals surface area contributed by atoms with Crippen molar-refractivity contribution in [1.29, 1.82) is 0 Å². The molecule has 0 aliphatic heterocycles. The van der Waals surface area contributed by atoms with Crippen LogP contribution < -0.4 is 5.73 Å². The summed E-state index contributed by atoms with van der Waals surface area (Å²) in [4.78, 5) is 2.62. The Morgan fingerprint density at radius 1 is 1.12 bits per heavy atom. The van der Waals surface area contributed by atoms with E-state index in [4.69, 9.17) is 5.73 Å². The lowest BCUT2D eigenvalue weighted by Crippen LogP contribution is -2.52. The topological polar surface area (TPSA) is 29.3 Å². The van der Waals surface area contributed by atoms with Gasteiger partial charge in [0.2, 0.25) is 0 Å². The molecule has 0 aromatic rings. The molecule has 1 atom stereocenters. The second kappa shape index (κ2) is 4.30. The van der Waals surface area contributed by atoms with Crippen molar-refractivity contribution in [2.24, 2.45) is 11.1 Å². The molecule has 0 aromatic heterocycles. The van der Waals surface area contributed by atoms with Gasteiger partial charge in [-0.15, -0.1) is 0 Å². The number of nitrogens with zero attached hydrogens (tertiary/aromatic N) is 1. The van der Waals surface area contributed by atoms with Crippen molar-refractivity contribution < 1.29 is 0 Å². The highest BCUT2D eigenvalue weighted by atomic mass is 15.2. The third-order valence-corrected chi connectivity index (χ3v) is 4.99. The van der Waals surface area contributed by atoms with Gasteiger partial charge >= 0.3 is 0 Å². The molecule has 16 heavy (non-hydrogen) atoms. The molecular formula is C14H28N2. The maximum absolute atomic E-state index is 6.12. The minimum absolute atomic E-state index is 0.314.